The SMILES string of the molecule is Cc1cc(N)ccc1N1C(=O)c2ccc(-c3ccc4c(c3)C(=O)N(c3ccc(N)cc3C)C4=O)cc2C1=O. The van der Waals surface area contributed by atoms with Crippen LogP contribution in [0.1, 0.15) is 52.6 Å². The third-order valence-electron chi connectivity index (χ3n) is 7.03. The van der Waals surface area contributed by atoms with E-state index in [0.717, 1.165) is 9.80 Å². The molecule has 4 aromatic rings. The van der Waals surface area contributed by atoms with E-state index in [2.05, 4.69) is 0 Å². The monoisotopic (exact) mass is 502 g/mol. The molecule has 2 aliphatic heterocycles. The number of nitrogen functional groups attached to an aromatic ring is 2. The van der Waals surface area contributed by atoms with Crippen LogP contribution in [-0.2, 0) is 0 Å². The van der Waals surface area contributed by atoms with E-state index in [0.29, 0.717) is 56.1 Å². The molecule has 186 valence electrons. The summed E-state index contributed by atoms with van der Waals surface area (Å²) in [6.45, 7) is 3.58. The van der Waals surface area contributed by atoms with Gasteiger partial charge in [0.1, 0.15) is 0 Å². The van der Waals surface area contributed by atoms with Gasteiger partial charge >= 0.3 is 0 Å². The zero-order valence-electron chi connectivity index (χ0n) is 20.6. The lowest BCUT2D eigenvalue weighted by Crippen LogP contribution is -2.30. The van der Waals surface area contributed by atoms with E-state index < -0.39 is 23.6 Å². The Bertz CT molecular complexity index is 1630. The minimum atomic E-state index is -0.433. The summed E-state index contributed by atoms with van der Waals surface area (Å²) in [5.74, 6) is -1.68. The zero-order valence-corrected chi connectivity index (χ0v) is 20.6. The summed E-state index contributed by atoms with van der Waals surface area (Å²) in [5, 5.41) is 0. The maximum Gasteiger partial charge on any atom is 0.266 e. The van der Waals surface area contributed by atoms with Crippen molar-refractivity contribution in [3.05, 3.63) is 106 Å². The molecular weight excluding hydrogens is 480 g/mol. The number of rotatable bonds is 3. The van der Waals surface area contributed by atoms with Gasteiger partial charge in [-0.25, -0.2) is 9.80 Å². The Balaban J connectivity index is 1.37. The molecule has 0 aliphatic carbocycles. The fourth-order valence-corrected chi connectivity index (χ4v) is 5.14. The highest BCUT2D eigenvalue weighted by atomic mass is 16.2. The first-order valence-corrected chi connectivity index (χ1v) is 11.9. The van der Waals surface area contributed by atoms with Crippen molar-refractivity contribution in [3.8, 4) is 11.1 Å². The topological polar surface area (TPSA) is 127 Å². The number of nitrogens with two attached hydrogens (primary N) is 2. The molecule has 0 saturated carbocycles. The summed E-state index contributed by atoms with van der Waals surface area (Å²) in [5.41, 5.74) is 17.6. The van der Waals surface area contributed by atoms with Crippen molar-refractivity contribution in [1.82, 2.24) is 0 Å². The van der Waals surface area contributed by atoms with E-state index in [1.54, 1.807) is 86.6 Å². The highest BCUT2D eigenvalue weighted by Crippen LogP contribution is 2.36. The second kappa shape index (κ2) is 8.14. The number of nitrogens with zero attached hydrogens (tertiary/aromatic N) is 2. The standard InChI is InChI=1S/C30H22N4O4/c1-15-11-19(31)5-9-25(15)33-27(35)21-7-3-17(13-23(21)29(33)37)18-4-8-22-24(14-18)30(38)34(28(22)36)26-10-6-20(32)12-16(26)2/h3-14H,31-32H2,1-2H3. The van der Waals surface area contributed by atoms with Crippen LogP contribution in [0, 0.1) is 13.8 Å². The lowest BCUT2D eigenvalue weighted by atomic mass is 9.97. The van der Waals surface area contributed by atoms with Crippen molar-refractivity contribution in [2.24, 2.45) is 0 Å². The molecule has 2 heterocycles. The molecule has 4 N–H and O–H groups in total. The molecule has 38 heavy (non-hydrogen) atoms. The zero-order chi connectivity index (χ0) is 26.9. The molecule has 0 spiro atoms. The number of carbonyl (C=O) groups is 4. The summed E-state index contributed by atoms with van der Waals surface area (Å²) in [7, 11) is 0. The number of hydrogen-bond donors (Lipinski definition) is 2. The Morgan fingerprint density at radius 1 is 0.474 bits per heavy atom. The Hall–Kier alpha value is -5.24. The normalized spacial score (nSPS) is 14.4. The molecule has 0 radical (unpaired) electrons. The van der Waals surface area contributed by atoms with Crippen LogP contribution in [0.15, 0.2) is 72.8 Å². The molecule has 0 bridgehead atoms. The van der Waals surface area contributed by atoms with Gasteiger partial charge in [0.15, 0.2) is 0 Å². The number of benzene rings is 4. The summed E-state index contributed by atoms with van der Waals surface area (Å²) in [4.78, 5) is 55.2. The van der Waals surface area contributed by atoms with Crippen LogP contribution in [0.4, 0.5) is 22.7 Å². The van der Waals surface area contributed by atoms with E-state index in [1.165, 1.54) is 0 Å². The van der Waals surface area contributed by atoms with E-state index in [4.69, 9.17) is 11.5 Å². The summed E-state index contributed by atoms with van der Waals surface area (Å²) in [6, 6.07) is 20.0. The Morgan fingerprint density at radius 3 is 1.21 bits per heavy atom. The van der Waals surface area contributed by atoms with Crippen LogP contribution in [0.25, 0.3) is 11.1 Å². The first-order chi connectivity index (χ1) is 18.2. The van der Waals surface area contributed by atoms with Gasteiger partial charge in [0.05, 0.1) is 33.6 Å². The van der Waals surface area contributed by atoms with Gasteiger partial charge < -0.3 is 11.5 Å². The number of aryl methyl sites for hydroxylation is 2. The number of hydrogen-bond acceptors (Lipinski definition) is 6. The van der Waals surface area contributed by atoms with Crippen LogP contribution >= 0.6 is 0 Å². The third-order valence-corrected chi connectivity index (χ3v) is 7.03. The van der Waals surface area contributed by atoms with E-state index >= 15 is 0 Å². The first kappa shape index (κ1) is 23.2. The van der Waals surface area contributed by atoms with Gasteiger partial charge in [-0.05, 0) is 96.8 Å². The van der Waals surface area contributed by atoms with Crippen LogP contribution in [0.3, 0.4) is 0 Å². The average Bonchev–Trinajstić information content (AvgIpc) is 3.28. The molecule has 4 aromatic carbocycles. The number of fused-ring (bicyclic) bond motifs is 2. The fraction of sp³-hybridized carbons (Fsp3) is 0.0667. The van der Waals surface area contributed by atoms with Gasteiger partial charge in [0.2, 0.25) is 0 Å². The number of anilines is 4. The van der Waals surface area contributed by atoms with Crippen molar-refractivity contribution in [3.63, 3.8) is 0 Å². The van der Waals surface area contributed by atoms with E-state index in [-0.39, 0.29) is 11.1 Å². The highest BCUT2D eigenvalue weighted by Gasteiger charge is 2.39. The van der Waals surface area contributed by atoms with Gasteiger partial charge in [-0.15, -0.1) is 0 Å². The molecule has 0 aromatic heterocycles. The quantitative estimate of drug-likeness (QED) is 0.308. The summed E-state index contributed by atoms with van der Waals surface area (Å²) in [6.07, 6.45) is 0. The minimum Gasteiger partial charge on any atom is -0.399 e. The Labute approximate surface area is 218 Å². The molecule has 0 saturated heterocycles. The fourth-order valence-electron chi connectivity index (χ4n) is 5.14. The summed E-state index contributed by atoms with van der Waals surface area (Å²) >= 11 is 0. The minimum absolute atomic E-state index is 0.269. The smallest absolute Gasteiger partial charge is 0.266 e. The lowest BCUT2D eigenvalue weighted by Gasteiger charge is -2.16. The molecule has 0 fully saturated rings. The third kappa shape index (κ3) is 3.31. The van der Waals surface area contributed by atoms with Crippen molar-refractivity contribution < 1.29 is 19.2 Å². The number of carbonyl (C=O) groups excluding carboxylic acids is 4. The predicted octanol–water partition coefficient (Wildman–Crippen LogP) is 4.74. The summed E-state index contributed by atoms with van der Waals surface area (Å²) < 4.78 is 0. The number of amides is 4. The molecule has 6 rings (SSSR count). The molecule has 2 aliphatic rings. The van der Waals surface area contributed by atoms with Gasteiger partial charge in [0, 0.05) is 11.4 Å². The van der Waals surface area contributed by atoms with Crippen molar-refractivity contribution >= 4 is 46.4 Å². The first-order valence-electron chi connectivity index (χ1n) is 11.9. The predicted molar refractivity (Wildman–Crippen MR) is 145 cm³/mol. The molecule has 4 amide bonds. The molecule has 8 heteroatoms. The van der Waals surface area contributed by atoms with E-state index in [9.17, 15) is 19.2 Å². The second-order valence-corrected chi connectivity index (χ2v) is 9.50. The van der Waals surface area contributed by atoms with Crippen LogP contribution in [-0.4, -0.2) is 23.6 Å². The Kier molecular flexibility index (Phi) is 4.96. The molecule has 8 nitrogen and oxygen atoms in total. The van der Waals surface area contributed by atoms with Gasteiger partial charge in [-0.3, -0.25) is 19.2 Å². The average molecular weight is 503 g/mol. The van der Waals surface area contributed by atoms with E-state index in [1.807, 2.05) is 0 Å². The van der Waals surface area contributed by atoms with Gasteiger partial charge in [0.25, 0.3) is 23.6 Å². The number of imide groups is 2. The maximum absolute atomic E-state index is 13.3. The second-order valence-electron chi connectivity index (χ2n) is 9.50. The van der Waals surface area contributed by atoms with Crippen LogP contribution in [0.2, 0.25) is 0 Å². The van der Waals surface area contributed by atoms with Crippen molar-refractivity contribution in [2.75, 3.05) is 21.3 Å². The molecular formula is C30H22N4O4. The van der Waals surface area contributed by atoms with Gasteiger partial charge in [-0.2, -0.15) is 0 Å². The van der Waals surface area contributed by atoms with Crippen LogP contribution < -0.4 is 21.3 Å². The maximum atomic E-state index is 13.3. The van der Waals surface area contributed by atoms with Crippen molar-refractivity contribution in [2.45, 2.75) is 13.8 Å². The van der Waals surface area contributed by atoms with Gasteiger partial charge in [-0.1, -0.05) is 12.1 Å². The highest BCUT2D eigenvalue weighted by molar-refractivity contribution is 6.36. The lowest BCUT2D eigenvalue weighted by molar-refractivity contribution is 0.0910. The van der Waals surface area contributed by atoms with Crippen LogP contribution in [0.5, 0.6) is 0 Å². The van der Waals surface area contributed by atoms with Crippen molar-refractivity contribution in [1.29, 1.82) is 0 Å². The Morgan fingerprint density at radius 2 is 0.842 bits per heavy atom. The molecule has 0 atom stereocenters. The molecule has 0 unspecified atom stereocenters. The largest absolute Gasteiger partial charge is 0.399 e.